The number of carbonyl (C=O) groups is 2. The summed E-state index contributed by atoms with van der Waals surface area (Å²) >= 11 is 0. The standard InChI is InChI=1S/C21H28N4O2/c1-13(2)18-12-24(10-9-19(26)25(18)11-15-7-8-15)21(27)16-5-4-6-17-20(16)23-14(3)22-17/h4-6,13,15,18H,7-12H2,1-3H3,(H,22,23)/t18-/m0/s1. The van der Waals surface area contributed by atoms with Crippen molar-refractivity contribution < 1.29 is 9.59 Å². The highest BCUT2D eigenvalue weighted by atomic mass is 16.2. The van der Waals surface area contributed by atoms with E-state index in [0.717, 1.165) is 17.9 Å². The highest BCUT2D eigenvalue weighted by Gasteiger charge is 2.37. The van der Waals surface area contributed by atoms with E-state index in [9.17, 15) is 9.59 Å². The molecule has 0 unspecified atom stereocenters. The smallest absolute Gasteiger partial charge is 0.256 e. The molecule has 1 N–H and O–H groups in total. The van der Waals surface area contributed by atoms with Crippen molar-refractivity contribution in [1.82, 2.24) is 19.8 Å². The van der Waals surface area contributed by atoms with Gasteiger partial charge in [0.2, 0.25) is 5.91 Å². The SMILES string of the molecule is Cc1nc2c(C(=O)N3CCC(=O)N(CC4CC4)[C@H](C(C)C)C3)cccc2[nH]1. The Morgan fingerprint density at radius 3 is 2.81 bits per heavy atom. The number of nitrogens with one attached hydrogen (secondary N) is 1. The molecule has 1 aromatic carbocycles. The van der Waals surface area contributed by atoms with Gasteiger partial charge in [-0.15, -0.1) is 0 Å². The van der Waals surface area contributed by atoms with Crippen LogP contribution in [-0.2, 0) is 4.79 Å². The van der Waals surface area contributed by atoms with Crippen LogP contribution in [-0.4, -0.2) is 57.3 Å². The van der Waals surface area contributed by atoms with Crippen LogP contribution in [0, 0.1) is 18.8 Å². The highest BCUT2D eigenvalue weighted by Crippen LogP contribution is 2.32. The number of hydrogen-bond acceptors (Lipinski definition) is 3. The van der Waals surface area contributed by atoms with E-state index in [1.54, 1.807) is 0 Å². The van der Waals surface area contributed by atoms with Gasteiger partial charge >= 0.3 is 0 Å². The molecule has 27 heavy (non-hydrogen) atoms. The highest BCUT2D eigenvalue weighted by molar-refractivity contribution is 6.05. The Bertz CT molecular complexity index is 868. The first-order valence-corrected chi connectivity index (χ1v) is 9.98. The van der Waals surface area contributed by atoms with Gasteiger partial charge in [0.15, 0.2) is 0 Å². The van der Waals surface area contributed by atoms with Crippen molar-refractivity contribution in [3.05, 3.63) is 29.6 Å². The molecule has 2 fully saturated rings. The van der Waals surface area contributed by atoms with E-state index in [1.807, 2.05) is 30.0 Å². The zero-order chi connectivity index (χ0) is 19.1. The van der Waals surface area contributed by atoms with Gasteiger partial charge in [-0.3, -0.25) is 9.59 Å². The summed E-state index contributed by atoms with van der Waals surface area (Å²) < 4.78 is 0. The third kappa shape index (κ3) is 3.57. The number of aromatic nitrogens is 2. The molecule has 2 aliphatic rings. The molecule has 1 saturated carbocycles. The maximum atomic E-state index is 13.3. The van der Waals surface area contributed by atoms with E-state index >= 15 is 0 Å². The third-order valence-corrected chi connectivity index (χ3v) is 5.79. The zero-order valence-electron chi connectivity index (χ0n) is 16.4. The van der Waals surface area contributed by atoms with Crippen molar-refractivity contribution >= 4 is 22.8 Å². The first-order valence-electron chi connectivity index (χ1n) is 9.98. The minimum atomic E-state index is -0.0289. The fraction of sp³-hybridized carbons (Fsp3) is 0.571. The molecule has 1 aromatic heterocycles. The first-order chi connectivity index (χ1) is 12.9. The van der Waals surface area contributed by atoms with Crippen LogP contribution in [0.2, 0.25) is 0 Å². The molecular weight excluding hydrogens is 340 g/mol. The molecule has 2 amide bonds. The lowest BCUT2D eigenvalue weighted by Crippen LogP contribution is -2.48. The second-order valence-electron chi connectivity index (χ2n) is 8.33. The lowest BCUT2D eigenvalue weighted by atomic mass is 10.0. The van der Waals surface area contributed by atoms with Crippen molar-refractivity contribution in [3.63, 3.8) is 0 Å². The van der Waals surface area contributed by atoms with Gasteiger partial charge in [-0.25, -0.2) is 4.98 Å². The summed E-state index contributed by atoms with van der Waals surface area (Å²) in [5, 5.41) is 0. The number of amides is 2. The molecule has 1 saturated heterocycles. The van der Waals surface area contributed by atoms with E-state index in [4.69, 9.17) is 0 Å². The second-order valence-corrected chi connectivity index (χ2v) is 8.33. The number of para-hydroxylation sites is 1. The molecule has 1 aliphatic carbocycles. The van der Waals surface area contributed by atoms with Gasteiger partial charge in [0, 0.05) is 26.1 Å². The third-order valence-electron chi connectivity index (χ3n) is 5.79. The molecule has 6 nitrogen and oxygen atoms in total. The zero-order valence-corrected chi connectivity index (χ0v) is 16.4. The number of aryl methyl sites for hydroxylation is 1. The summed E-state index contributed by atoms with van der Waals surface area (Å²) in [6.07, 6.45) is 2.84. The number of rotatable bonds is 4. The van der Waals surface area contributed by atoms with E-state index in [2.05, 4.69) is 28.7 Å². The average Bonchev–Trinajstić information content (AvgIpc) is 3.39. The first kappa shape index (κ1) is 18.0. The summed E-state index contributed by atoms with van der Waals surface area (Å²) in [6, 6.07) is 5.73. The van der Waals surface area contributed by atoms with E-state index < -0.39 is 0 Å². The monoisotopic (exact) mass is 368 g/mol. The Kier molecular flexibility index (Phi) is 4.66. The number of H-pyrrole nitrogens is 1. The number of fused-ring (bicyclic) bond motifs is 1. The Balaban J connectivity index is 1.62. The van der Waals surface area contributed by atoms with Crippen molar-refractivity contribution in [2.45, 2.75) is 46.1 Å². The number of imidazole rings is 1. The van der Waals surface area contributed by atoms with Crippen LogP contribution >= 0.6 is 0 Å². The molecule has 1 aliphatic heterocycles. The van der Waals surface area contributed by atoms with E-state index in [-0.39, 0.29) is 17.9 Å². The summed E-state index contributed by atoms with van der Waals surface area (Å²) in [7, 11) is 0. The van der Waals surface area contributed by atoms with Crippen LogP contribution in [0.25, 0.3) is 11.0 Å². The van der Waals surface area contributed by atoms with Crippen molar-refractivity contribution in [3.8, 4) is 0 Å². The lowest BCUT2D eigenvalue weighted by Gasteiger charge is -2.34. The molecule has 2 heterocycles. The maximum absolute atomic E-state index is 13.3. The average molecular weight is 368 g/mol. The second kappa shape index (κ2) is 6.98. The molecule has 2 aromatic rings. The van der Waals surface area contributed by atoms with Gasteiger partial charge in [-0.05, 0) is 43.7 Å². The Morgan fingerprint density at radius 1 is 1.33 bits per heavy atom. The number of hydrogen-bond donors (Lipinski definition) is 1. The van der Waals surface area contributed by atoms with Gasteiger partial charge < -0.3 is 14.8 Å². The van der Waals surface area contributed by atoms with Crippen LogP contribution in [0.1, 0.15) is 49.3 Å². The number of aromatic amines is 1. The van der Waals surface area contributed by atoms with Crippen LogP contribution in [0.15, 0.2) is 18.2 Å². The molecule has 144 valence electrons. The fourth-order valence-corrected chi connectivity index (χ4v) is 4.04. The van der Waals surface area contributed by atoms with Gasteiger partial charge in [-0.2, -0.15) is 0 Å². The van der Waals surface area contributed by atoms with Gasteiger partial charge in [0.25, 0.3) is 5.91 Å². The molecule has 6 heteroatoms. The fourth-order valence-electron chi connectivity index (χ4n) is 4.04. The summed E-state index contributed by atoms with van der Waals surface area (Å²) in [4.78, 5) is 37.7. The minimum absolute atomic E-state index is 0.0289. The molecule has 1 atom stereocenters. The Morgan fingerprint density at radius 2 is 2.11 bits per heavy atom. The molecule has 0 spiro atoms. The van der Waals surface area contributed by atoms with Crippen LogP contribution < -0.4 is 0 Å². The van der Waals surface area contributed by atoms with Crippen molar-refractivity contribution in [2.24, 2.45) is 11.8 Å². The molecule has 0 radical (unpaired) electrons. The van der Waals surface area contributed by atoms with E-state index in [0.29, 0.717) is 42.4 Å². The van der Waals surface area contributed by atoms with Crippen LogP contribution in [0.5, 0.6) is 0 Å². The van der Waals surface area contributed by atoms with Crippen molar-refractivity contribution in [2.75, 3.05) is 19.6 Å². The number of benzene rings is 1. The van der Waals surface area contributed by atoms with Crippen LogP contribution in [0.4, 0.5) is 0 Å². The predicted molar refractivity (Wildman–Crippen MR) is 104 cm³/mol. The normalized spacial score (nSPS) is 21.2. The van der Waals surface area contributed by atoms with Crippen LogP contribution in [0.3, 0.4) is 0 Å². The predicted octanol–water partition coefficient (Wildman–Crippen LogP) is 2.98. The summed E-state index contributed by atoms with van der Waals surface area (Å²) in [5.41, 5.74) is 2.20. The maximum Gasteiger partial charge on any atom is 0.256 e. The Labute approximate surface area is 159 Å². The minimum Gasteiger partial charge on any atom is -0.342 e. The Hall–Kier alpha value is -2.37. The largest absolute Gasteiger partial charge is 0.342 e. The van der Waals surface area contributed by atoms with Gasteiger partial charge in [0.05, 0.1) is 17.1 Å². The summed E-state index contributed by atoms with van der Waals surface area (Å²) in [6.45, 7) is 8.09. The van der Waals surface area contributed by atoms with E-state index in [1.165, 1.54) is 12.8 Å². The topological polar surface area (TPSA) is 69.3 Å². The molecule has 4 rings (SSSR count). The molecule has 0 bridgehead atoms. The van der Waals surface area contributed by atoms with Gasteiger partial charge in [0.1, 0.15) is 11.3 Å². The van der Waals surface area contributed by atoms with Crippen molar-refractivity contribution in [1.29, 1.82) is 0 Å². The number of carbonyl (C=O) groups excluding carboxylic acids is 2. The van der Waals surface area contributed by atoms with Gasteiger partial charge in [-0.1, -0.05) is 19.9 Å². The number of nitrogens with zero attached hydrogens (tertiary/aromatic N) is 3. The lowest BCUT2D eigenvalue weighted by molar-refractivity contribution is -0.133. The molecular formula is C21H28N4O2. The summed E-state index contributed by atoms with van der Waals surface area (Å²) in [5.74, 6) is 1.92. The quantitative estimate of drug-likeness (QED) is 0.902.